The van der Waals surface area contributed by atoms with Gasteiger partial charge in [0.2, 0.25) is 5.96 Å². The van der Waals surface area contributed by atoms with Gasteiger partial charge in [0, 0.05) is 13.1 Å². The molecular weight excluding hydrogens is 274 g/mol. The van der Waals surface area contributed by atoms with Crippen molar-refractivity contribution in [3.8, 4) is 0 Å². The van der Waals surface area contributed by atoms with Crippen LogP contribution in [0.4, 0.5) is 0 Å². The molecule has 0 atom stereocenters. The molecule has 2 rings (SSSR count). The minimum Gasteiger partial charge on any atom is -0.461 e. The van der Waals surface area contributed by atoms with E-state index < -0.39 is 0 Å². The Kier molecular flexibility index (Phi) is 2.59. The highest BCUT2D eigenvalue weighted by atomic mass is 79.9. The number of carbonyl (C=O) groups is 1. The first kappa shape index (κ1) is 10.9. The highest BCUT2D eigenvalue weighted by Crippen LogP contribution is 2.25. The third kappa shape index (κ3) is 1.76. The molecule has 1 aromatic heterocycles. The smallest absolute Gasteiger partial charge is 0.274 e. The van der Waals surface area contributed by atoms with Gasteiger partial charge in [0.1, 0.15) is 17.2 Å². The third-order valence-electron chi connectivity index (χ3n) is 2.27. The molecule has 1 saturated heterocycles. The second-order valence-electron chi connectivity index (χ2n) is 3.46. The van der Waals surface area contributed by atoms with Crippen LogP contribution in [0, 0.1) is 12.3 Å². The van der Waals surface area contributed by atoms with Gasteiger partial charge < -0.3 is 9.32 Å². The molecule has 0 unspecified atom stereocenters. The number of nitrogens with zero attached hydrogens (tertiary/aromatic N) is 1. The number of likely N-dealkylation sites (N-methyl/N-ethyl adjacent to an activating group) is 1. The van der Waals surface area contributed by atoms with E-state index in [1.807, 2.05) is 13.0 Å². The van der Waals surface area contributed by atoms with Crippen molar-refractivity contribution in [2.24, 2.45) is 0 Å². The second kappa shape index (κ2) is 3.79. The number of halogens is 1. The van der Waals surface area contributed by atoms with E-state index in [0.717, 1.165) is 10.2 Å². The van der Waals surface area contributed by atoms with E-state index >= 15 is 0 Å². The lowest BCUT2D eigenvalue weighted by atomic mass is 10.3. The van der Waals surface area contributed by atoms with Crippen LogP contribution < -0.4 is 5.32 Å². The largest absolute Gasteiger partial charge is 0.461 e. The summed E-state index contributed by atoms with van der Waals surface area (Å²) in [5.41, 5.74) is 0.389. The fourth-order valence-electron chi connectivity index (χ4n) is 1.41. The zero-order chi connectivity index (χ0) is 11.9. The summed E-state index contributed by atoms with van der Waals surface area (Å²) in [5.74, 6) is 1.10. The Bertz CT molecular complexity index is 504. The summed E-state index contributed by atoms with van der Waals surface area (Å²) in [5, 5.41) is 9.86. The molecule has 84 valence electrons. The minimum atomic E-state index is -0.298. The molecule has 5 nitrogen and oxygen atoms in total. The SMILES string of the molecule is Cc1cc(Br)c(/C=C2/C(=O)NC(=N)N2C)o1. The lowest BCUT2D eigenvalue weighted by Gasteiger charge is -2.07. The zero-order valence-electron chi connectivity index (χ0n) is 8.80. The van der Waals surface area contributed by atoms with Crippen molar-refractivity contribution in [3.05, 3.63) is 27.8 Å². The normalized spacial score (nSPS) is 18.4. The average molecular weight is 284 g/mol. The summed E-state index contributed by atoms with van der Waals surface area (Å²) in [7, 11) is 1.65. The molecule has 0 saturated carbocycles. The molecule has 0 aliphatic carbocycles. The maximum atomic E-state index is 11.5. The number of nitrogens with one attached hydrogen (secondary N) is 2. The number of amides is 1. The highest BCUT2D eigenvalue weighted by Gasteiger charge is 2.27. The van der Waals surface area contributed by atoms with Gasteiger partial charge in [0.25, 0.3) is 5.91 Å². The van der Waals surface area contributed by atoms with E-state index in [4.69, 9.17) is 9.83 Å². The first-order valence-electron chi connectivity index (χ1n) is 4.60. The molecule has 16 heavy (non-hydrogen) atoms. The molecule has 2 N–H and O–H groups in total. The zero-order valence-corrected chi connectivity index (χ0v) is 10.4. The molecule has 1 aliphatic heterocycles. The van der Waals surface area contributed by atoms with E-state index in [2.05, 4.69) is 21.2 Å². The molecule has 0 radical (unpaired) electrons. The molecule has 6 heteroatoms. The van der Waals surface area contributed by atoms with Gasteiger partial charge in [-0.2, -0.15) is 0 Å². The van der Waals surface area contributed by atoms with E-state index in [1.165, 1.54) is 4.90 Å². The maximum absolute atomic E-state index is 11.5. The maximum Gasteiger partial charge on any atom is 0.274 e. The summed E-state index contributed by atoms with van der Waals surface area (Å²) < 4.78 is 6.20. The van der Waals surface area contributed by atoms with E-state index in [0.29, 0.717) is 11.5 Å². The standard InChI is InChI=1S/C10H10BrN3O2/c1-5-3-6(11)8(16-5)4-7-9(15)13-10(12)14(7)2/h3-4H,1-2H3,(H2,12,13,15)/b7-4-. The van der Waals surface area contributed by atoms with Crippen molar-refractivity contribution in [2.45, 2.75) is 6.92 Å². The summed E-state index contributed by atoms with van der Waals surface area (Å²) >= 11 is 3.34. The van der Waals surface area contributed by atoms with Crippen LogP contribution in [0.5, 0.6) is 0 Å². The number of furan rings is 1. The first-order valence-corrected chi connectivity index (χ1v) is 5.39. The molecular formula is C10H10BrN3O2. The van der Waals surface area contributed by atoms with Gasteiger partial charge in [-0.3, -0.25) is 15.5 Å². The van der Waals surface area contributed by atoms with Gasteiger partial charge in [-0.05, 0) is 28.9 Å². The van der Waals surface area contributed by atoms with E-state index in [1.54, 1.807) is 13.1 Å². The third-order valence-corrected chi connectivity index (χ3v) is 2.89. The van der Waals surface area contributed by atoms with Crippen molar-refractivity contribution in [1.82, 2.24) is 10.2 Å². The quantitative estimate of drug-likeness (QED) is 0.771. The summed E-state index contributed by atoms with van der Waals surface area (Å²) in [6.45, 7) is 1.83. The minimum absolute atomic E-state index is 0.0654. The van der Waals surface area contributed by atoms with Crippen molar-refractivity contribution in [2.75, 3.05) is 7.05 Å². The number of guanidine groups is 1. The van der Waals surface area contributed by atoms with Crippen LogP contribution in [-0.4, -0.2) is 23.8 Å². The van der Waals surface area contributed by atoms with Crippen LogP contribution >= 0.6 is 15.9 Å². The second-order valence-corrected chi connectivity index (χ2v) is 4.31. The van der Waals surface area contributed by atoms with Gasteiger partial charge in [-0.15, -0.1) is 0 Å². The van der Waals surface area contributed by atoms with Crippen LogP contribution in [0.2, 0.25) is 0 Å². The van der Waals surface area contributed by atoms with E-state index in [9.17, 15) is 4.79 Å². The fraction of sp³-hybridized carbons (Fsp3) is 0.200. The molecule has 0 aromatic carbocycles. The summed E-state index contributed by atoms with van der Waals surface area (Å²) in [6, 6.07) is 1.82. The lowest BCUT2D eigenvalue weighted by Crippen LogP contribution is -2.25. The molecule has 0 spiro atoms. The average Bonchev–Trinajstić information content (AvgIpc) is 2.62. The Morgan fingerprint density at radius 3 is 2.75 bits per heavy atom. The highest BCUT2D eigenvalue weighted by molar-refractivity contribution is 9.10. The Morgan fingerprint density at radius 1 is 1.62 bits per heavy atom. The molecule has 1 aromatic rings. The summed E-state index contributed by atoms with van der Waals surface area (Å²) in [4.78, 5) is 13.0. The van der Waals surface area contributed by atoms with Gasteiger partial charge in [0.15, 0.2) is 0 Å². The van der Waals surface area contributed by atoms with Crippen molar-refractivity contribution >= 4 is 33.9 Å². The van der Waals surface area contributed by atoms with E-state index in [-0.39, 0.29) is 11.9 Å². The van der Waals surface area contributed by atoms with Crippen LogP contribution in [0.25, 0.3) is 6.08 Å². The molecule has 0 bridgehead atoms. The number of hydrogen-bond acceptors (Lipinski definition) is 3. The van der Waals surface area contributed by atoms with Crippen LogP contribution in [0.3, 0.4) is 0 Å². The van der Waals surface area contributed by atoms with Gasteiger partial charge in [-0.1, -0.05) is 0 Å². The molecule has 1 fully saturated rings. The van der Waals surface area contributed by atoms with Gasteiger partial charge >= 0.3 is 0 Å². The Hall–Kier alpha value is -1.56. The monoisotopic (exact) mass is 283 g/mol. The molecule has 2 heterocycles. The van der Waals surface area contributed by atoms with Gasteiger partial charge in [-0.25, -0.2) is 0 Å². The Labute approximate surface area is 101 Å². The Morgan fingerprint density at radius 2 is 2.31 bits per heavy atom. The molecule has 1 aliphatic rings. The van der Waals surface area contributed by atoms with Crippen LogP contribution in [0.1, 0.15) is 11.5 Å². The number of aryl methyl sites for hydroxylation is 1. The number of hydrogen-bond donors (Lipinski definition) is 2. The predicted octanol–water partition coefficient (Wildman–Crippen LogP) is 1.69. The Balaban J connectivity index is 2.41. The van der Waals surface area contributed by atoms with Crippen LogP contribution in [0.15, 0.2) is 20.7 Å². The predicted molar refractivity (Wildman–Crippen MR) is 62.8 cm³/mol. The number of carbonyl (C=O) groups excluding carboxylic acids is 1. The topological polar surface area (TPSA) is 69.3 Å². The summed E-state index contributed by atoms with van der Waals surface area (Å²) in [6.07, 6.45) is 1.61. The first-order chi connectivity index (χ1) is 7.49. The van der Waals surface area contributed by atoms with Crippen molar-refractivity contribution in [1.29, 1.82) is 5.41 Å². The number of rotatable bonds is 1. The fourth-order valence-corrected chi connectivity index (χ4v) is 1.93. The van der Waals surface area contributed by atoms with Crippen LogP contribution in [-0.2, 0) is 4.79 Å². The van der Waals surface area contributed by atoms with Crippen molar-refractivity contribution < 1.29 is 9.21 Å². The van der Waals surface area contributed by atoms with Crippen molar-refractivity contribution in [3.63, 3.8) is 0 Å². The molecule has 1 amide bonds. The van der Waals surface area contributed by atoms with Gasteiger partial charge in [0.05, 0.1) is 4.47 Å². The lowest BCUT2D eigenvalue weighted by molar-refractivity contribution is -0.115.